The first-order valence-electron chi connectivity index (χ1n) is 5.85. The second-order valence-electron chi connectivity index (χ2n) is 4.11. The number of halogens is 1. The van der Waals surface area contributed by atoms with Crippen molar-refractivity contribution in [1.29, 1.82) is 0 Å². The van der Waals surface area contributed by atoms with Crippen LogP contribution in [0.4, 0.5) is 0 Å². The molecule has 0 radical (unpaired) electrons. The Balaban J connectivity index is 0.00000256. The Bertz CT molecular complexity index is 298. The van der Waals surface area contributed by atoms with Gasteiger partial charge in [0.2, 0.25) is 10.0 Å². The molecule has 104 valence electrons. The Morgan fingerprint density at radius 2 is 2.18 bits per heavy atom. The lowest BCUT2D eigenvalue weighted by Crippen LogP contribution is -2.43. The van der Waals surface area contributed by atoms with Crippen LogP contribution in [0.25, 0.3) is 0 Å². The number of piperidine rings is 1. The molecule has 0 saturated carbocycles. The average molecular weight is 287 g/mol. The van der Waals surface area contributed by atoms with E-state index in [9.17, 15) is 8.42 Å². The van der Waals surface area contributed by atoms with E-state index >= 15 is 0 Å². The van der Waals surface area contributed by atoms with Crippen LogP contribution in [0, 0.1) is 5.92 Å². The highest BCUT2D eigenvalue weighted by Crippen LogP contribution is 2.18. The lowest BCUT2D eigenvalue weighted by Gasteiger charge is -2.31. The Kier molecular flexibility index (Phi) is 8.32. The third-order valence-electron chi connectivity index (χ3n) is 2.90. The van der Waals surface area contributed by atoms with Crippen molar-refractivity contribution in [3.05, 3.63) is 0 Å². The predicted octanol–water partition coefficient (Wildman–Crippen LogP) is 0.445. The molecule has 1 heterocycles. The summed E-state index contributed by atoms with van der Waals surface area (Å²) in [5.41, 5.74) is 5.58. The van der Waals surface area contributed by atoms with Gasteiger partial charge in [-0.1, -0.05) is 0 Å². The van der Waals surface area contributed by atoms with Gasteiger partial charge in [0.15, 0.2) is 0 Å². The third-order valence-corrected chi connectivity index (χ3v) is 4.70. The van der Waals surface area contributed by atoms with E-state index in [0.29, 0.717) is 32.2 Å². The average Bonchev–Trinajstić information content (AvgIpc) is 2.29. The van der Waals surface area contributed by atoms with E-state index in [0.717, 1.165) is 12.8 Å². The van der Waals surface area contributed by atoms with E-state index in [-0.39, 0.29) is 24.8 Å². The topological polar surface area (TPSA) is 72.6 Å². The third kappa shape index (κ3) is 5.52. The largest absolute Gasteiger partial charge is 0.381 e. The Labute approximate surface area is 110 Å². The summed E-state index contributed by atoms with van der Waals surface area (Å²) in [4.78, 5) is 0. The minimum Gasteiger partial charge on any atom is -0.381 e. The molecule has 0 aromatic rings. The molecule has 1 unspecified atom stereocenters. The van der Waals surface area contributed by atoms with E-state index in [4.69, 9.17) is 10.5 Å². The van der Waals surface area contributed by atoms with Crippen molar-refractivity contribution >= 4 is 22.4 Å². The lowest BCUT2D eigenvalue weighted by molar-refractivity contribution is 0.161. The van der Waals surface area contributed by atoms with Gasteiger partial charge in [-0.2, -0.15) is 0 Å². The molecule has 1 rings (SSSR count). The second-order valence-corrected chi connectivity index (χ2v) is 6.20. The van der Waals surface area contributed by atoms with Crippen molar-refractivity contribution in [2.45, 2.75) is 19.8 Å². The molecule has 1 aliphatic heterocycles. The summed E-state index contributed by atoms with van der Waals surface area (Å²) >= 11 is 0. The molecule has 1 fully saturated rings. The molecule has 1 saturated heterocycles. The first-order chi connectivity index (χ1) is 7.60. The molecule has 5 nitrogen and oxygen atoms in total. The molecule has 1 aliphatic rings. The van der Waals surface area contributed by atoms with E-state index in [1.54, 1.807) is 4.31 Å². The highest BCUT2D eigenvalue weighted by Gasteiger charge is 2.27. The van der Waals surface area contributed by atoms with Crippen molar-refractivity contribution in [3.63, 3.8) is 0 Å². The summed E-state index contributed by atoms with van der Waals surface area (Å²) in [6.07, 6.45) is 1.95. The maximum Gasteiger partial charge on any atom is 0.216 e. The van der Waals surface area contributed by atoms with Crippen LogP contribution in [0.3, 0.4) is 0 Å². The fraction of sp³-hybridized carbons (Fsp3) is 1.00. The standard InChI is InChI=1S/C10H22N2O3S.ClH/c1-2-15-6-7-16(13,14)12-5-3-4-10(8-11)9-12;/h10H,2-9,11H2,1H3;1H. The Hall–Kier alpha value is 0.120. The normalized spacial score (nSPS) is 22.1. The number of rotatable bonds is 6. The Morgan fingerprint density at radius 3 is 2.76 bits per heavy atom. The monoisotopic (exact) mass is 286 g/mol. The van der Waals surface area contributed by atoms with Gasteiger partial charge in [-0.15, -0.1) is 12.4 Å². The van der Waals surface area contributed by atoms with Crippen LogP contribution in [0.15, 0.2) is 0 Å². The molecule has 0 amide bonds. The molecule has 0 aromatic carbocycles. The van der Waals surface area contributed by atoms with Gasteiger partial charge in [0.1, 0.15) is 0 Å². The molecular formula is C10H23ClN2O3S. The molecule has 0 spiro atoms. The molecule has 0 aromatic heterocycles. The van der Waals surface area contributed by atoms with Crippen LogP contribution in [-0.4, -0.2) is 51.3 Å². The second kappa shape index (κ2) is 8.26. The van der Waals surface area contributed by atoms with Gasteiger partial charge in [0.05, 0.1) is 12.4 Å². The van der Waals surface area contributed by atoms with Crippen LogP contribution in [0.5, 0.6) is 0 Å². The number of nitrogens with two attached hydrogens (primary N) is 1. The maximum absolute atomic E-state index is 11.9. The van der Waals surface area contributed by atoms with Gasteiger partial charge in [0, 0.05) is 19.7 Å². The first kappa shape index (κ1) is 17.1. The van der Waals surface area contributed by atoms with E-state index in [2.05, 4.69) is 0 Å². The zero-order valence-corrected chi connectivity index (χ0v) is 11.9. The van der Waals surface area contributed by atoms with E-state index in [1.165, 1.54) is 0 Å². The van der Waals surface area contributed by atoms with Gasteiger partial charge in [0.25, 0.3) is 0 Å². The first-order valence-corrected chi connectivity index (χ1v) is 7.46. The van der Waals surface area contributed by atoms with Crippen molar-refractivity contribution in [2.75, 3.05) is 38.6 Å². The van der Waals surface area contributed by atoms with E-state index in [1.807, 2.05) is 6.92 Å². The molecule has 17 heavy (non-hydrogen) atoms. The quantitative estimate of drug-likeness (QED) is 0.720. The van der Waals surface area contributed by atoms with Crippen molar-refractivity contribution < 1.29 is 13.2 Å². The smallest absolute Gasteiger partial charge is 0.216 e. The molecule has 2 N–H and O–H groups in total. The number of ether oxygens (including phenoxy) is 1. The summed E-state index contributed by atoms with van der Waals surface area (Å²) in [6, 6.07) is 0. The summed E-state index contributed by atoms with van der Waals surface area (Å²) in [5, 5.41) is 0. The van der Waals surface area contributed by atoms with Crippen molar-refractivity contribution in [2.24, 2.45) is 11.7 Å². The van der Waals surface area contributed by atoms with Gasteiger partial charge in [-0.05, 0) is 32.2 Å². The molecule has 0 aliphatic carbocycles. The zero-order chi connectivity index (χ0) is 12.0. The fourth-order valence-corrected chi connectivity index (χ4v) is 3.34. The zero-order valence-electron chi connectivity index (χ0n) is 10.3. The van der Waals surface area contributed by atoms with Gasteiger partial charge in [-0.25, -0.2) is 12.7 Å². The Morgan fingerprint density at radius 1 is 1.47 bits per heavy atom. The fourth-order valence-electron chi connectivity index (χ4n) is 1.91. The highest BCUT2D eigenvalue weighted by atomic mass is 35.5. The summed E-state index contributed by atoms with van der Waals surface area (Å²) in [5.74, 6) is 0.397. The number of sulfonamides is 1. The predicted molar refractivity (Wildman–Crippen MR) is 70.9 cm³/mol. The van der Waals surface area contributed by atoms with Crippen LogP contribution in [0.2, 0.25) is 0 Å². The minimum absolute atomic E-state index is 0. The SMILES string of the molecule is CCOCCS(=O)(=O)N1CCCC(CN)C1.Cl. The number of nitrogens with zero attached hydrogens (tertiary/aromatic N) is 1. The van der Waals surface area contributed by atoms with Crippen molar-refractivity contribution in [1.82, 2.24) is 4.31 Å². The van der Waals surface area contributed by atoms with Crippen LogP contribution >= 0.6 is 12.4 Å². The maximum atomic E-state index is 11.9. The number of hydrogen-bond acceptors (Lipinski definition) is 4. The molecule has 1 atom stereocenters. The lowest BCUT2D eigenvalue weighted by atomic mass is 10.0. The summed E-state index contributed by atoms with van der Waals surface area (Å²) < 4.78 is 30.5. The van der Waals surface area contributed by atoms with Crippen LogP contribution < -0.4 is 5.73 Å². The highest BCUT2D eigenvalue weighted by molar-refractivity contribution is 7.89. The van der Waals surface area contributed by atoms with Gasteiger partial charge in [-0.3, -0.25) is 0 Å². The van der Waals surface area contributed by atoms with E-state index < -0.39 is 10.0 Å². The van der Waals surface area contributed by atoms with Gasteiger partial charge >= 0.3 is 0 Å². The van der Waals surface area contributed by atoms with Crippen molar-refractivity contribution in [3.8, 4) is 0 Å². The van der Waals surface area contributed by atoms with Crippen LogP contribution in [-0.2, 0) is 14.8 Å². The number of hydrogen-bond donors (Lipinski definition) is 1. The molecule has 0 bridgehead atoms. The summed E-state index contributed by atoms with van der Waals surface area (Å²) in [6.45, 7) is 4.47. The van der Waals surface area contributed by atoms with Gasteiger partial charge < -0.3 is 10.5 Å². The minimum atomic E-state index is -3.15. The molecule has 7 heteroatoms. The molecular weight excluding hydrogens is 264 g/mol. The van der Waals surface area contributed by atoms with Crippen LogP contribution in [0.1, 0.15) is 19.8 Å². The summed E-state index contributed by atoms with van der Waals surface area (Å²) in [7, 11) is -3.15.